The number of hydrogen-bond donors (Lipinski definition) is 2. The number of halogens is 1. The van der Waals surface area contributed by atoms with E-state index in [9.17, 15) is 9.00 Å². The van der Waals surface area contributed by atoms with Crippen LogP contribution in [0.15, 0.2) is 23.0 Å². The van der Waals surface area contributed by atoms with Gasteiger partial charge in [-0.15, -0.1) is 0 Å². The largest absolute Gasteiger partial charge is 0.310 e. The van der Waals surface area contributed by atoms with Gasteiger partial charge in [-0.05, 0) is 31.2 Å². The summed E-state index contributed by atoms with van der Waals surface area (Å²) in [6, 6.07) is 5.02. The Morgan fingerprint density at radius 3 is 2.95 bits per heavy atom. The highest BCUT2D eigenvalue weighted by atomic mass is 35.5. The summed E-state index contributed by atoms with van der Waals surface area (Å²) < 4.78 is 11.2. The Hall–Kier alpha value is -1.24. The SMILES string of the molecule is CC(CCNCc1nc2cc(Cl)ccc2c(=O)[nH]1)S(C)=O. The number of benzene rings is 1. The first kappa shape index (κ1) is 16.1. The molecule has 1 aromatic carbocycles. The maximum atomic E-state index is 11.9. The Balaban J connectivity index is 2.03. The van der Waals surface area contributed by atoms with Crippen molar-refractivity contribution in [2.24, 2.45) is 0 Å². The summed E-state index contributed by atoms with van der Waals surface area (Å²) in [6.07, 6.45) is 2.52. The highest BCUT2D eigenvalue weighted by Crippen LogP contribution is 2.14. The molecule has 0 bridgehead atoms. The second-order valence-corrected chi connectivity index (χ2v) is 7.19. The topological polar surface area (TPSA) is 74.8 Å². The lowest BCUT2D eigenvalue weighted by Gasteiger charge is -2.09. The van der Waals surface area contributed by atoms with Crippen molar-refractivity contribution in [3.8, 4) is 0 Å². The maximum absolute atomic E-state index is 11.9. The van der Waals surface area contributed by atoms with Crippen molar-refractivity contribution in [3.05, 3.63) is 39.4 Å². The number of nitrogens with zero attached hydrogens (tertiary/aromatic N) is 1. The van der Waals surface area contributed by atoms with Crippen LogP contribution in [0.5, 0.6) is 0 Å². The van der Waals surface area contributed by atoms with Crippen molar-refractivity contribution in [3.63, 3.8) is 0 Å². The molecule has 2 atom stereocenters. The third kappa shape index (κ3) is 4.36. The molecule has 0 amide bonds. The molecule has 2 unspecified atom stereocenters. The van der Waals surface area contributed by atoms with Gasteiger partial charge in [0, 0.05) is 27.3 Å². The van der Waals surface area contributed by atoms with Crippen LogP contribution in [-0.2, 0) is 17.3 Å². The fourth-order valence-corrected chi connectivity index (χ4v) is 2.54. The summed E-state index contributed by atoms with van der Waals surface area (Å²) in [5, 5.41) is 4.43. The van der Waals surface area contributed by atoms with Crippen molar-refractivity contribution >= 4 is 33.3 Å². The minimum atomic E-state index is -0.811. The third-order valence-corrected chi connectivity index (χ3v) is 4.91. The average Bonchev–Trinajstić information content (AvgIpc) is 2.42. The summed E-state index contributed by atoms with van der Waals surface area (Å²) >= 11 is 5.92. The molecular formula is C14H18ClN3O2S. The van der Waals surface area contributed by atoms with Gasteiger partial charge in [-0.25, -0.2) is 4.98 Å². The summed E-state index contributed by atoms with van der Waals surface area (Å²) in [4.78, 5) is 19.1. The average molecular weight is 328 g/mol. The molecule has 0 saturated carbocycles. The normalized spacial score (nSPS) is 14.2. The molecule has 2 rings (SSSR count). The van der Waals surface area contributed by atoms with Gasteiger partial charge in [-0.1, -0.05) is 18.5 Å². The van der Waals surface area contributed by atoms with E-state index < -0.39 is 10.8 Å². The zero-order chi connectivity index (χ0) is 15.4. The van der Waals surface area contributed by atoms with Crippen LogP contribution >= 0.6 is 11.6 Å². The zero-order valence-corrected chi connectivity index (χ0v) is 13.6. The minimum absolute atomic E-state index is 0.153. The summed E-state index contributed by atoms with van der Waals surface area (Å²) in [5.74, 6) is 0.569. The number of H-pyrrole nitrogens is 1. The van der Waals surface area contributed by atoms with Gasteiger partial charge >= 0.3 is 0 Å². The second-order valence-electron chi connectivity index (χ2n) is 4.95. The first-order valence-electron chi connectivity index (χ1n) is 6.69. The van der Waals surface area contributed by atoms with Crippen molar-refractivity contribution in [1.82, 2.24) is 15.3 Å². The smallest absolute Gasteiger partial charge is 0.258 e. The quantitative estimate of drug-likeness (QED) is 0.794. The molecule has 1 aromatic heterocycles. The van der Waals surface area contributed by atoms with Crippen LogP contribution in [0, 0.1) is 0 Å². The summed E-state index contributed by atoms with van der Waals surface area (Å²) in [5.41, 5.74) is 0.419. The van der Waals surface area contributed by atoms with Crippen LogP contribution in [0.25, 0.3) is 10.9 Å². The summed E-state index contributed by atoms with van der Waals surface area (Å²) in [6.45, 7) is 3.13. The molecule has 0 saturated heterocycles. The monoisotopic (exact) mass is 327 g/mol. The Kier molecular flexibility index (Phi) is 5.50. The maximum Gasteiger partial charge on any atom is 0.258 e. The first-order chi connectivity index (χ1) is 9.97. The van der Waals surface area contributed by atoms with E-state index in [-0.39, 0.29) is 10.8 Å². The predicted octanol–water partition coefficient (Wildman–Crippen LogP) is 1.82. The van der Waals surface area contributed by atoms with Gasteiger partial charge in [0.1, 0.15) is 5.82 Å². The van der Waals surface area contributed by atoms with Crippen molar-refractivity contribution in [1.29, 1.82) is 0 Å². The minimum Gasteiger partial charge on any atom is -0.310 e. The molecule has 0 spiro atoms. The number of nitrogens with one attached hydrogen (secondary N) is 2. The van der Waals surface area contributed by atoms with E-state index >= 15 is 0 Å². The van der Waals surface area contributed by atoms with E-state index in [4.69, 9.17) is 11.6 Å². The Labute approximate surface area is 130 Å². The van der Waals surface area contributed by atoms with Gasteiger partial charge in [0.2, 0.25) is 0 Å². The fourth-order valence-electron chi connectivity index (χ4n) is 1.92. The number of aromatic nitrogens is 2. The molecule has 2 aromatic rings. The van der Waals surface area contributed by atoms with Gasteiger partial charge in [0.05, 0.1) is 17.4 Å². The number of fused-ring (bicyclic) bond motifs is 1. The van der Waals surface area contributed by atoms with E-state index in [1.54, 1.807) is 24.5 Å². The number of aromatic amines is 1. The molecule has 114 valence electrons. The van der Waals surface area contributed by atoms with E-state index in [0.717, 1.165) is 13.0 Å². The Morgan fingerprint density at radius 1 is 1.48 bits per heavy atom. The molecule has 7 heteroatoms. The molecule has 0 aliphatic rings. The van der Waals surface area contributed by atoms with Crippen LogP contribution in [-0.4, -0.2) is 32.2 Å². The van der Waals surface area contributed by atoms with Crippen LogP contribution in [0.4, 0.5) is 0 Å². The van der Waals surface area contributed by atoms with Crippen LogP contribution in [0.3, 0.4) is 0 Å². The first-order valence-corrected chi connectivity index (χ1v) is 8.68. The second kappa shape index (κ2) is 7.15. The van der Waals surface area contributed by atoms with Crippen LogP contribution in [0.2, 0.25) is 5.02 Å². The predicted molar refractivity (Wildman–Crippen MR) is 87.2 cm³/mol. The molecule has 0 radical (unpaired) electrons. The Bertz CT molecular complexity index is 717. The third-order valence-electron chi connectivity index (χ3n) is 3.30. The van der Waals surface area contributed by atoms with Gasteiger partial charge in [0.15, 0.2) is 0 Å². The lowest BCUT2D eigenvalue weighted by molar-refractivity contribution is 0.616. The Morgan fingerprint density at radius 2 is 2.24 bits per heavy atom. The fraction of sp³-hybridized carbons (Fsp3) is 0.429. The number of rotatable bonds is 6. The highest BCUT2D eigenvalue weighted by molar-refractivity contribution is 7.84. The van der Waals surface area contributed by atoms with Crippen molar-refractivity contribution in [2.45, 2.75) is 25.1 Å². The van der Waals surface area contributed by atoms with Gasteiger partial charge < -0.3 is 10.3 Å². The summed E-state index contributed by atoms with van der Waals surface area (Å²) in [7, 11) is -0.811. The molecule has 21 heavy (non-hydrogen) atoms. The molecule has 0 aliphatic heterocycles. The molecule has 0 fully saturated rings. The van der Waals surface area contributed by atoms with Crippen molar-refractivity contribution in [2.75, 3.05) is 12.8 Å². The van der Waals surface area contributed by atoms with Gasteiger partial charge in [-0.2, -0.15) is 0 Å². The van der Waals surface area contributed by atoms with E-state index in [1.165, 1.54) is 0 Å². The zero-order valence-electron chi connectivity index (χ0n) is 12.0. The molecular weight excluding hydrogens is 310 g/mol. The lowest BCUT2D eigenvalue weighted by Crippen LogP contribution is -2.23. The van der Waals surface area contributed by atoms with Gasteiger partial charge in [0.25, 0.3) is 5.56 Å². The molecule has 0 aliphatic carbocycles. The van der Waals surface area contributed by atoms with Crippen LogP contribution < -0.4 is 10.9 Å². The molecule has 5 nitrogen and oxygen atoms in total. The van der Waals surface area contributed by atoms with Crippen molar-refractivity contribution < 1.29 is 4.21 Å². The molecule has 1 heterocycles. The van der Waals surface area contributed by atoms with E-state index in [1.807, 2.05) is 6.92 Å². The lowest BCUT2D eigenvalue weighted by atomic mass is 10.2. The van der Waals surface area contributed by atoms with E-state index in [2.05, 4.69) is 15.3 Å². The van der Waals surface area contributed by atoms with E-state index in [0.29, 0.717) is 28.3 Å². The number of hydrogen-bond acceptors (Lipinski definition) is 4. The van der Waals surface area contributed by atoms with Crippen LogP contribution in [0.1, 0.15) is 19.2 Å². The molecule has 2 N–H and O–H groups in total. The standard InChI is InChI=1S/C14H18ClN3O2S/c1-9(21(2)20)5-6-16-8-13-17-12-7-10(15)3-4-11(12)14(19)18-13/h3-4,7,9,16H,5-6,8H2,1-2H3,(H,17,18,19). The van der Waals surface area contributed by atoms with Gasteiger partial charge in [-0.3, -0.25) is 9.00 Å². The highest BCUT2D eigenvalue weighted by Gasteiger charge is 2.07.